The lowest BCUT2D eigenvalue weighted by Gasteiger charge is -2.28. The summed E-state index contributed by atoms with van der Waals surface area (Å²) in [5.41, 5.74) is 2.63. The SMILES string of the molecule is C#CC(CC)NC(C)C(c1ccccc1)c1ccccc1. The van der Waals surface area contributed by atoms with Gasteiger partial charge in [0.15, 0.2) is 0 Å². The van der Waals surface area contributed by atoms with Gasteiger partial charge in [0.25, 0.3) is 0 Å². The number of nitrogens with one attached hydrogen (secondary N) is 1. The van der Waals surface area contributed by atoms with Crippen molar-refractivity contribution in [1.82, 2.24) is 5.32 Å². The summed E-state index contributed by atoms with van der Waals surface area (Å²) in [6, 6.07) is 21.6. The van der Waals surface area contributed by atoms with Crippen LogP contribution in [0.3, 0.4) is 0 Å². The van der Waals surface area contributed by atoms with Gasteiger partial charge in [-0.3, -0.25) is 0 Å². The fourth-order valence-electron chi connectivity index (χ4n) is 2.79. The van der Waals surface area contributed by atoms with E-state index in [1.165, 1.54) is 11.1 Å². The van der Waals surface area contributed by atoms with Crippen LogP contribution in [0.25, 0.3) is 0 Å². The van der Waals surface area contributed by atoms with E-state index in [1.54, 1.807) is 0 Å². The van der Waals surface area contributed by atoms with Crippen molar-refractivity contribution in [3.63, 3.8) is 0 Å². The lowest BCUT2D eigenvalue weighted by molar-refractivity contribution is 0.459. The lowest BCUT2D eigenvalue weighted by Crippen LogP contribution is -2.39. The third-order valence-corrected chi connectivity index (χ3v) is 3.89. The second-order valence-corrected chi connectivity index (χ2v) is 5.38. The van der Waals surface area contributed by atoms with E-state index in [2.05, 4.69) is 85.7 Å². The van der Waals surface area contributed by atoms with Gasteiger partial charge in [-0.2, -0.15) is 0 Å². The summed E-state index contributed by atoms with van der Waals surface area (Å²) in [6.45, 7) is 4.33. The van der Waals surface area contributed by atoms with Gasteiger partial charge in [-0.1, -0.05) is 73.5 Å². The van der Waals surface area contributed by atoms with Gasteiger partial charge >= 0.3 is 0 Å². The Morgan fingerprint density at radius 3 is 1.81 bits per heavy atom. The predicted molar refractivity (Wildman–Crippen MR) is 90.2 cm³/mol. The van der Waals surface area contributed by atoms with Crippen LogP contribution < -0.4 is 5.32 Å². The van der Waals surface area contributed by atoms with Crippen molar-refractivity contribution in [3.8, 4) is 12.3 Å². The van der Waals surface area contributed by atoms with E-state index < -0.39 is 0 Å². The molecule has 0 aromatic heterocycles. The van der Waals surface area contributed by atoms with Crippen LogP contribution in [0.5, 0.6) is 0 Å². The highest BCUT2D eigenvalue weighted by Crippen LogP contribution is 2.28. The van der Waals surface area contributed by atoms with E-state index in [-0.39, 0.29) is 12.1 Å². The molecule has 0 amide bonds. The summed E-state index contributed by atoms with van der Waals surface area (Å²) >= 11 is 0. The minimum absolute atomic E-state index is 0.120. The zero-order valence-electron chi connectivity index (χ0n) is 12.8. The molecule has 2 aromatic carbocycles. The third kappa shape index (κ3) is 3.97. The highest BCUT2D eigenvalue weighted by molar-refractivity contribution is 5.34. The molecular formula is C20H23N. The van der Waals surface area contributed by atoms with Gasteiger partial charge in [-0.25, -0.2) is 0 Å². The molecule has 2 unspecified atom stereocenters. The first kappa shape index (κ1) is 15.4. The molecule has 0 radical (unpaired) electrons. The molecule has 2 atom stereocenters. The van der Waals surface area contributed by atoms with Gasteiger partial charge in [0.1, 0.15) is 0 Å². The molecule has 2 rings (SSSR count). The zero-order valence-corrected chi connectivity index (χ0v) is 12.8. The molecule has 0 spiro atoms. The molecule has 108 valence electrons. The summed E-state index contributed by atoms with van der Waals surface area (Å²) in [5.74, 6) is 3.13. The lowest BCUT2D eigenvalue weighted by atomic mass is 9.85. The molecule has 21 heavy (non-hydrogen) atoms. The number of benzene rings is 2. The molecule has 1 N–H and O–H groups in total. The molecule has 0 saturated heterocycles. The average Bonchev–Trinajstić information content (AvgIpc) is 2.55. The van der Waals surface area contributed by atoms with Gasteiger partial charge in [0.2, 0.25) is 0 Å². The van der Waals surface area contributed by atoms with Crippen molar-refractivity contribution in [2.75, 3.05) is 0 Å². The smallest absolute Gasteiger partial charge is 0.0686 e. The van der Waals surface area contributed by atoms with E-state index in [4.69, 9.17) is 6.42 Å². The van der Waals surface area contributed by atoms with E-state index in [0.717, 1.165) is 6.42 Å². The standard InChI is InChI=1S/C20H23N/c1-4-19(5-2)21-16(3)20(17-12-8-6-9-13-17)18-14-10-7-11-15-18/h1,6-16,19-21H,5H2,2-3H3. The van der Waals surface area contributed by atoms with E-state index >= 15 is 0 Å². The number of hydrogen-bond donors (Lipinski definition) is 1. The van der Waals surface area contributed by atoms with Crippen LogP contribution in [0.15, 0.2) is 60.7 Å². The number of rotatable bonds is 6. The van der Waals surface area contributed by atoms with Gasteiger partial charge in [0.05, 0.1) is 6.04 Å². The van der Waals surface area contributed by atoms with Crippen LogP contribution >= 0.6 is 0 Å². The Labute approximate surface area is 128 Å². The first-order valence-corrected chi connectivity index (χ1v) is 7.58. The zero-order chi connectivity index (χ0) is 15.1. The second kappa shape index (κ2) is 7.67. The Kier molecular flexibility index (Phi) is 5.60. The van der Waals surface area contributed by atoms with Crippen molar-refractivity contribution < 1.29 is 0 Å². The molecule has 2 aromatic rings. The van der Waals surface area contributed by atoms with E-state index in [0.29, 0.717) is 5.92 Å². The van der Waals surface area contributed by atoms with Crippen molar-refractivity contribution >= 4 is 0 Å². The molecule has 0 aliphatic rings. The Balaban J connectivity index is 2.31. The molecule has 0 bridgehead atoms. The van der Waals surface area contributed by atoms with Crippen LogP contribution in [0.2, 0.25) is 0 Å². The summed E-state index contributed by atoms with van der Waals surface area (Å²) in [7, 11) is 0. The molecular weight excluding hydrogens is 254 g/mol. The Morgan fingerprint density at radius 1 is 0.952 bits per heavy atom. The first-order valence-electron chi connectivity index (χ1n) is 7.58. The predicted octanol–water partition coefficient (Wildman–Crippen LogP) is 4.21. The largest absolute Gasteiger partial charge is 0.300 e. The average molecular weight is 277 g/mol. The fraction of sp³-hybridized carbons (Fsp3) is 0.300. The first-order chi connectivity index (χ1) is 10.3. The van der Waals surface area contributed by atoms with Crippen molar-refractivity contribution in [3.05, 3.63) is 71.8 Å². The third-order valence-electron chi connectivity index (χ3n) is 3.89. The van der Waals surface area contributed by atoms with E-state index in [1.807, 2.05) is 0 Å². The molecule has 0 aliphatic carbocycles. The molecule has 1 heteroatoms. The second-order valence-electron chi connectivity index (χ2n) is 5.38. The van der Waals surface area contributed by atoms with Crippen LogP contribution in [0, 0.1) is 12.3 Å². The monoisotopic (exact) mass is 277 g/mol. The molecule has 1 nitrogen and oxygen atoms in total. The van der Waals surface area contributed by atoms with Crippen molar-refractivity contribution in [2.45, 2.75) is 38.3 Å². The van der Waals surface area contributed by atoms with Gasteiger partial charge in [0, 0.05) is 12.0 Å². The quantitative estimate of drug-likeness (QED) is 0.780. The maximum atomic E-state index is 5.60. The summed E-state index contributed by atoms with van der Waals surface area (Å²) in [5, 5.41) is 3.58. The number of hydrogen-bond acceptors (Lipinski definition) is 1. The summed E-state index contributed by atoms with van der Waals surface area (Å²) in [4.78, 5) is 0. The van der Waals surface area contributed by atoms with Crippen molar-refractivity contribution in [1.29, 1.82) is 0 Å². The van der Waals surface area contributed by atoms with Crippen LogP contribution in [-0.4, -0.2) is 12.1 Å². The number of terminal acetylenes is 1. The van der Waals surface area contributed by atoms with Crippen LogP contribution in [0.1, 0.15) is 37.3 Å². The summed E-state index contributed by atoms with van der Waals surface area (Å²) in [6.07, 6.45) is 6.54. The highest BCUT2D eigenvalue weighted by Gasteiger charge is 2.22. The minimum Gasteiger partial charge on any atom is -0.300 e. The Bertz CT molecular complexity index is 528. The highest BCUT2D eigenvalue weighted by atomic mass is 14.9. The molecule has 0 saturated carbocycles. The van der Waals surface area contributed by atoms with Crippen molar-refractivity contribution in [2.24, 2.45) is 0 Å². The van der Waals surface area contributed by atoms with E-state index in [9.17, 15) is 0 Å². The topological polar surface area (TPSA) is 12.0 Å². The Morgan fingerprint density at radius 2 is 1.43 bits per heavy atom. The van der Waals surface area contributed by atoms with Gasteiger partial charge in [-0.05, 0) is 24.5 Å². The van der Waals surface area contributed by atoms with Gasteiger partial charge < -0.3 is 5.32 Å². The maximum Gasteiger partial charge on any atom is 0.0686 e. The fourth-order valence-corrected chi connectivity index (χ4v) is 2.79. The maximum absolute atomic E-state index is 5.60. The Hall–Kier alpha value is -2.04. The molecule has 0 heterocycles. The van der Waals surface area contributed by atoms with Crippen LogP contribution in [0.4, 0.5) is 0 Å². The van der Waals surface area contributed by atoms with Crippen LogP contribution in [-0.2, 0) is 0 Å². The molecule has 0 aliphatic heterocycles. The summed E-state index contributed by atoms with van der Waals surface area (Å²) < 4.78 is 0. The normalized spacial score (nSPS) is 13.6. The van der Waals surface area contributed by atoms with Gasteiger partial charge in [-0.15, -0.1) is 6.42 Å². The molecule has 0 fully saturated rings. The minimum atomic E-state index is 0.120.